The molecule has 0 saturated heterocycles. The first kappa shape index (κ1) is 28.7. The average molecular weight is 544 g/mol. The fourth-order valence-electron chi connectivity index (χ4n) is 3.90. The summed E-state index contributed by atoms with van der Waals surface area (Å²) in [6, 6.07) is 3.56. The van der Waals surface area contributed by atoms with Crippen LogP contribution in [-0.2, 0) is 32.0 Å². The lowest BCUT2D eigenvalue weighted by Crippen LogP contribution is -2.57. The highest BCUT2D eigenvalue weighted by Crippen LogP contribution is 2.18. The molecule has 0 spiro atoms. The standard InChI is InChI=1S/C25H33N7O5S/c1-14(30-23(34)18(26)9-15-11-28-19-6-4-3-5-17(15)19)22(33)32-21(10-16-12-27-13-29-16)24(35)31-20(25(36)37)7-8-38-2/h3-6,11-14,18,20-21,28H,7-10,26H2,1-2H3,(H,27,29)(H,30,34)(H,31,35)(H,32,33)(H,36,37). The number of thioether (sulfide) groups is 1. The van der Waals surface area contributed by atoms with Crippen LogP contribution in [-0.4, -0.2) is 79.9 Å². The van der Waals surface area contributed by atoms with Crippen molar-refractivity contribution >= 4 is 46.4 Å². The Morgan fingerprint density at radius 1 is 1.03 bits per heavy atom. The van der Waals surface area contributed by atoms with Gasteiger partial charge in [-0.05, 0) is 43.4 Å². The summed E-state index contributed by atoms with van der Waals surface area (Å²) in [5, 5.41) is 18.1. The van der Waals surface area contributed by atoms with Crippen LogP contribution in [0.2, 0.25) is 0 Å². The molecule has 13 heteroatoms. The summed E-state index contributed by atoms with van der Waals surface area (Å²) in [4.78, 5) is 60.2. The lowest BCUT2D eigenvalue weighted by atomic mass is 10.0. The van der Waals surface area contributed by atoms with Gasteiger partial charge in [-0.3, -0.25) is 14.4 Å². The maximum atomic E-state index is 13.0. The number of carboxylic acid groups (broad SMARTS) is 1. The molecule has 2 aromatic heterocycles. The fourth-order valence-corrected chi connectivity index (χ4v) is 4.38. The summed E-state index contributed by atoms with van der Waals surface area (Å²) in [7, 11) is 0. The van der Waals surface area contributed by atoms with Crippen LogP contribution in [0.3, 0.4) is 0 Å². The number of aromatic amines is 2. The molecule has 4 atom stereocenters. The van der Waals surface area contributed by atoms with E-state index in [1.165, 1.54) is 31.2 Å². The number of carbonyl (C=O) groups is 4. The Hall–Kier alpha value is -3.84. The first-order valence-electron chi connectivity index (χ1n) is 12.1. The molecule has 3 aromatic rings. The number of fused-ring (bicyclic) bond motifs is 1. The molecule has 0 bridgehead atoms. The SMILES string of the molecule is CSCCC(NC(=O)C(Cc1cnc[nH]1)NC(=O)C(C)NC(=O)C(N)Cc1c[nH]c2ccccc12)C(=O)O. The minimum Gasteiger partial charge on any atom is -0.480 e. The smallest absolute Gasteiger partial charge is 0.326 e. The maximum Gasteiger partial charge on any atom is 0.326 e. The number of amides is 3. The number of imidazole rings is 1. The van der Waals surface area contributed by atoms with E-state index in [4.69, 9.17) is 5.73 Å². The van der Waals surface area contributed by atoms with Gasteiger partial charge in [-0.2, -0.15) is 11.8 Å². The van der Waals surface area contributed by atoms with Crippen LogP contribution in [0.25, 0.3) is 10.9 Å². The zero-order valence-electron chi connectivity index (χ0n) is 21.2. The summed E-state index contributed by atoms with van der Waals surface area (Å²) < 4.78 is 0. The number of rotatable bonds is 14. The number of para-hydroxylation sites is 1. The molecule has 2 heterocycles. The third kappa shape index (κ3) is 7.83. The molecule has 0 radical (unpaired) electrons. The van der Waals surface area contributed by atoms with Crippen molar-refractivity contribution in [2.24, 2.45) is 5.73 Å². The van der Waals surface area contributed by atoms with Gasteiger partial charge < -0.3 is 36.8 Å². The molecule has 204 valence electrons. The summed E-state index contributed by atoms with van der Waals surface area (Å²) in [6.45, 7) is 1.48. The molecule has 3 rings (SSSR count). The zero-order valence-corrected chi connectivity index (χ0v) is 22.0. The van der Waals surface area contributed by atoms with Gasteiger partial charge in [-0.1, -0.05) is 18.2 Å². The molecule has 8 N–H and O–H groups in total. The Labute approximate surface area is 223 Å². The molecule has 0 aliphatic carbocycles. The normalized spacial score (nSPS) is 14.3. The molecule has 1 aromatic carbocycles. The second kappa shape index (κ2) is 13.6. The number of hydrogen-bond acceptors (Lipinski definition) is 7. The Bertz CT molecular complexity index is 1250. The lowest BCUT2D eigenvalue weighted by molar-refractivity contribution is -0.142. The fraction of sp³-hybridized carbons (Fsp3) is 0.400. The highest BCUT2D eigenvalue weighted by atomic mass is 32.2. The summed E-state index contributed by atoms with van der Waals surface area (Å²) in [5.74, 6) is -2.42. The van der Waals surface area contributed by atoms with Crippen molar-refractivity contribution in [3.8, 4) is 0 Å². The van der Waals surface area contributed by atoms with E-state index in [1.807, 2.05) is 30.5 Å². The summed E-state index contributed by atoms with van der Waals surface area (Å²) in [6.07, 6.45) is 7.12. The molecule has 3 amide bonds. The van der Waals surface area contributed by atoms with E-state index in [0.29, 0.717) is 11.4 Å². The largest absolute Gasteiger partial charge is 0.480 e. The minimum absolute atomic E-state index is 0.0488. The number of nitrogens with zero attached hydrogens (tertiary/aromatic N) is 1. The molecule has 12 nitrogen and oxygen atoms in total. The molecule has 38 heavy (non-hydrogen) atoms. The van der Waals surface area contributed by atoms with Crippen LogP contribution in [0.4, 0.5) is 0 Å². The number of carbonyl (C=O) groups excluding carboxylic acids is 3. The Kier molecular flexibility index (Phi) is 10.3. The number of benzene rings is 1. The third-order valence-corrected chi connectivity index (χ3v) is 6.68. The van der Waals surface area contributed by atoms with Crippen molar-refractivity contribution in [1.82, 2.24) is 30.9 Å². The number of nitrogens with one attached hydrogen (secondary N) is 5. The van der Waals surface area contributed by atoms with Crippen molar-refractivity contribution in [3.63, 3.8) is 0 Å². The van der Waals surface area contributed by atoms with Gasteiger partial charge in [0.15, 0.2) is 0 Å². The Morgan fingerprint density at radius 3 is 2.45 bits per heavy atom. The lowest BCUT2D eigenvalue weighted by Gasteiger charge is -2.23. The molecule has 0 aliphatic heterocycles. The van der Waals surface area contributed by atoms with E-state index in [1.54, 1.807) is 6.20 Å². The second-order valence-electron chi connectivity index (χ2n) is 8.92. The highest BCUT2D eigenvalue weighted by molar-refractivity contribution is 7.98. The van der Waals surface area contributed by atoms with Crippen LogP contribution >= 0.6 is 11.8 Å². The third-order valence-electron chi connectivity index (χ3n) is 6.04. The summed E-state index contributed by atoms with van der Waals surface area (Å²) in [5.41, 5.74) is 8.50. The van der Waals surface area contributed by atoms with Crippen LogP contribution in [0.1, 0.15) is 24.6 Å². The highest BCUT2D eigenvalue weighted by Gasteiger charge is 2.29. The van der Waals surface area contributed by atoms with E-state index in [2.05, 4.69) is 30.9 Å². The predicted octanol–water partition coefficient (Wildman–Crippen LogP) is 0.316. The number of carboxylic acids is 1. The van der Waals surface area contributed by atoms with Crippen LogP contribution in [0.5, 0.6) is 0 Å². The van der Waals surface area contributed by atoms with Gasteiger partial charge in [0, 0.05) is 35.4 Å². The Balaban J connectivity index is 1.62. The quantitative estimate of drug-likeness (QED) is 0.151. The van der Waals surface area contributed by atoms with Gasteiger partial charge in [-0.25, -0.2) is 9.78 Å². The Morgan fingerprint density at radius 2 is 1.76 bits per heavy atom. The van der Waals surface area contributed by atoms with E-state index < -0.39 is 47.9 Å². The van der Waals surface area contributed by atoms with Gasteiger partial charge in [0.1, 0.15) is 18.1 Å². The number of hydrogen-bond donors (Lipinski definition) is 7. The first-order chi connectivity index (χ1) is 18.2. The average Bonchev–Trinajstić information content (AvgIpc) is 3.55. The zero-order chi connectivity index (χ0) is 27.7. The van der Waals surface area contributed by atoms with E-state index in [0.717, 1.165) is 16.5 Å². The second-order valence-corrected chi connectivity index (χ2v) is 9.91. The van der Waals surface area contributed by atoms with Crippen LogP contribution in [0, 0.1) is 0 Å². The maximum absolute atomic E-state index is 13.0. The molecular weight excluding hydrogens is 510 g/mol. The minimum atomic E-state index is -1.16. The molecule has 4 unspecified atom stereocenters. The predicted molar refractivity (Wildman–Crippen MR) is 144 cm³/mol. The van der Waals surface area contributed by atoms with E-state index >= 15 is 0 Å². The van der Waals surface area contributed by atoms with Crippen molar-refractivity contribution in [2.75, 3.05) is 12.0 Å². The molecule has 0 saturated carbocycles. The van der Waals surface area contributed by atoms with Gasteiger partial charge in [0.05, 0.1) is 12.4 Å². The van der Waals surface area contributed by atoms with E-state index in [9.17, 15) is 24.3 Å². The number of aliphatic carboxylic acids is 1. The molecule has 0 aliphatic rings. The van der Waals surface area contributed by atoms with Crippen LogP contribution in [0.15, 0.2) is 43.0 Å². The van der Waals surface area contributed by atoms with Crippen molar-refractivity contribution in [2.45, 2.75) is 50.4 Å². The van der Waals surface area contributed by atoms with Gasteiger partial charge in [-0.15, -0.1) is 0 Å². The van der Waals surface area contributed by atoms with Crippen molar-refractivity contribution in [1.29, 1.82) is 0 Å². The van der Waals surface area contributed by atoms with Crippen LogP contribution < -0.4 is 21.7 Å². The monoisotopic (exact) mass is 543 g/mol. The number of nitrogens with two attached hydrogens (primary N) is 1. The number of H-pyrrole nitrogens is 2. The van der Waals surface area contributed by atoms with Gasteiger partial charge >= 0.3 is 5.97 Å². The number of aromatic nitrogens is 3. The molecule has 0 fully saturated rings. The van der Waals surface area contributed by atoms with Gasteiger partial charge in [0.25, 0.3) is 0 Å². The summed E-state index contributed by atoms with van der Waals surface area (Å²) >= 11 is 1.46. The van der Waals surface area contributed by atoms with E-state index in [-0.39, 0.29) is 19.3 Å². The van der Waals surface area contributed by atoms with Crippen molar-refractivity contribution in [3.05, 3.63) is 54.2 Å². The van der Waals surface area contributed by atoms with Gasteiger partial charge in [0.2, 0.25) is 17.7 Å². The van der Waals surface area contributed by atoms with Crippen molar-refractivity contribution < 1.29 is 24.3 Å². The molecular formula is C25H33N7O5S. The first-order valence-corrected chi connectivity index (χ1v) is 13.5. The topological polar surface area (TPSA) is 195 Å².